The van der Waals surface area contributed by atoms with Crippen molar-refractivity contribution in [2.75, 3.05) is 24.3 Å². The number of rotatable bonds is 14. The number of carbonyl (C=O) groups is 3. The summed E-state index contributed by atoms with van der Waals surface area (Å²) >= 11 is 0. The minimum atomic E-state index is -0.742. The summed E-state index contributed by atoms with van der Waals surface area (Å²) in [7, 11) is 1.49. The Morgan fingerprint density at radius 2 is 1.54 bits per heavy atom. The Kier molecular flexibility index (Phi) is 14.3. The van der Waals surface area contributed by atoms with Crippen LogP contribution in [0.4, 0.5) is 25.0 Å². The van der Waals surface area contributed by atoms with E-state index < -0.39 is 11.8 Å². The number of nitrogens with zero attached hydrogens (tertiary/aromatic N) is 4. The van der Waals surface area contributed by atoms with Gasteiger partial charge >= 0.3 is 6.03 Å². The number of urea groups is 1. The quantitative estimate of drug-likeness (QED) is 0.0802. The molecule has 4 amide bonds. The molecule has 6 aromatic rings. The SMILES string of the molecule is CC(C)C(N)=O.COc1cc2ncnc(Oc3ccc(NC(=O)NCCc4cccc(F)c4)cc3F)c2cc1NC(=O)CCCCc1ccc2ncnc(C)c2c1. The van der Waals surface area contributed by atoms with Crippen LogP contribution in [0.25, 0.3) is 21.8 Å². The van der Waals surface area contributed by atoms with Gasteiger partial charge in [-0.25, -0.2) is 33.5 Å². The first-order chi connectivity index (χ1) is 27.4. The Labute approximate surface area is 328 Å². The zero-order valence-electron chi connectivity index (χ0n) is 32.1. The van der Waals surface area contributed by atoms with E-state index in [0.29, 0.717) is 41.6 Å². The zero-order chi connectivity index (χ0) is 40.9. The van der Waals surface area contributed by atoms with Crippen molar-refractivity contribution in [3.63, 3.8) is 0 Å². The summed E-state index contributed by atoms with van der Waals surface area (Å²) < 4.78 is 39.9. The van der Waals surface area contributed by atoms with E-state index in [0.717, 1.165) is 46.6 Å². The lowest BCUT2D eigenvalue weighted by atomic mass is 10.0. The van der Waals surface area contributed by atoms with Gasteiger partial charge in [-0.05, 0) is 86.2 Å². The lowest BCUT2D eigenvalue weighted by Gasteiger charge is -2.14. The standard InChI is InChI=1S/C38H35F2N7O4.C4H9NO/c1-23-28-17-24(10-12-31(28)43-21-42-23)6-3-4-9-36(48)47-33-19-29-32(20-35(33)50-2)44-22-45-37(29)51-34-13-11-27(18-30(34)40)46-38(49)41-15-14-25-7-5-8-26(39)16-25;1-3(2)4(5)6/h5,7-8,10-13,16-22H,3-4,6,9,14-15H2,1-2H3,(H,47,48)(H2,41,46,49);3H,1-2H3,(H2,5,6). The number of nitrogens with one attached hydrogen (secondary N) is 3. The molecule has 0 atom stereocenters. The van der Waals surface area contributed by atoms with Gasteiger partial charge in [0, 0.05) is 47.8 Å². The van der Waals surface area contributed by atoms with E-state index in [-0.39, 0.29) is 47.4 Å². The molecule has 15 heteroatoms. The highest BCUT2D eigenvalue weighted by atomic mass is 19.1. The van der Waals surface area contributed by atoms with Gasteiger partial charge in [-0.15, -0.1) is 0 Å². The third-order valence-electron chi connectivity index (χ3n) is 8.77. The molecule has 0 saturated heterocycles. The first-order valence-electron chi connectivity index (χ1n) is 18.3. The van der Waals surface area contributed by atoms with Gasteiger partial charge in [0.2, 0.25) is 17.7 Å². The summed E-state index contributed by atoms with van der Waals surface area (Å²) in [5.41, 5.74) is 9.58. The normalized spacial score (nSPS) is 10.8. The molecular weight excluding hydrogens is 735 g/mol. The highest BCUT2D eigenvalue weighted by Crippen LogP contribution is 2.35. The number of fused-ring (bicyclic) bond motifs is 2. The van der Waals surface area contributed by atoms with Crippen molar-refractivity contribution in [2.45, 2.75) is 52.9 Å². The fraction of sp³-hybridized carbons (Fsp3) is 0.262. The third kappa shape index (κ3) is 11.9. The van der Waals surface area contributed by atoms with E-state index in [1.807, 2.05) is 19.1 Å². The summed E-state index contributed by atoms with van der Waals surface area (Å²) in [6.45, 7) is 5.75. The molecule has 0 unspecified atom stereocenters. The number of halogens is 2. The van der Waals surface area contributed by atoms with Crippen molar-refractivity contribution in [3.8, 4) is 17.4 Å². The van der Waals surface area contributed by atoms with Gasteiger partial charge in [0.05, 0.1) is 29.2 Å². The second-order valence-electron chi connectivity index (χ2n) is 13.4. The molecular formula is C42H44F2N8O5. The molecule has 57 heavy (non-hydrogen) atoms. The van der Waals surface area contributed by atoms with Crippen molar-refractivity contribution in [3.05, 3.63) is 114 Å². The van der Waals surface area contributed by atoms with Gasteiger partial charge in [0.15, 0.2) is 11.6 Å². The second kappa shape index (κ2) is 19.7. The Morgan fingerprint density at radius 3 is 2.28 bits per heavy atom. The number of benzene rings is 4. The molecule has 0 saturated carbocycles. The van der Waals surface area contributed by atoms with Crippen LogP contribution in [0.5, 0.6) is 17.4 Å². The fourth-order valence-electron chi connectivity index (χ4n) is 5.58. The minimum Gasteiger partial charge on any atom is -0.494 e. The molecule has 0 aliphatic heterocycles. The number of ether oxygens (including phenoxy) is 2. The number of methoxy groups -OCH3 is 1. The van der Waals surface area contributed by atoms with Gasteiger partial charge in [0.25, 0.3) is 0 Å². The largest absolute Gasteiger partial charge is 0.494 e. The van der Waals surface area contributed by atoms with E-state index in [9.17, 15) is 18.8 Å². The van der Waals surface area contributed by atoms with Crippen LogP contribution in [0.1, 0.15) is 49.9 Å². The number of hydrogen-bond donors (Lipinski definition) is 4. The lowest BCUT2D eigenvalue weighted by molar-refractivity contribution is -0.120. The first kappa shape index (κ1) is 41.4. The van der Waals surface area contributed by atoms with Gasteiger partial charge in [-0.2, -0.15) is 0 Å². The highest BCUT2D eigenvalue weighted by Gasteiger charge is 2.16. The average Bonchev–Trinajstić information content (AvgIpc) is 3.18. The summed E-state index contributed by atoms with van der Waals surface area (Å²) in [6.07, 6.45) is 5.86. The van der Waals surface area contributed by atoms with Crippen LogP contribution >= 0.6 is 0 Å². The van der Waals surface area contributed by atoms with Crippen LogP contribution in [-0.4, -0.2) is 51.4 Å². The summed E-state index contributed by atoms with van der Waals surface area (Å²) in [5.74, 6) is -1.22. The third-order valence-corrected chi connectivity index (χ3v) is 8.77. The average molecular weight is 779 g/mol. The number of unbranched alkanes of at least 4 members (excludes halogenated alkanes) is 1. The van der Waals surface area contributed by atoms with Gasteiger partial charge in [0.1, 0.15) is 24.2 Å². The number of amides is 4. The van der Waals surface area contributed by atoms with E-state index in [1.165, 1.54) is 37.7 Å². The summed E-state index contributed by atoms with van der Waals surface area (Å²) in [5, 5.41) is 9.59. The Bertz CT molecular complexity index is 2380. The maximum absolute atomic E-state index is 15.2. The minimum absolute atomic E-state index is 0.00926. The molecule has 0 radical (unpaired) electrons. The molecule has 13 nitrogen and oxygen atoms in total. The first-order valence-corrected chi connectivity index (χ1v) is 18.3. The summed E-state index contributed by atoms with van der Waals surface area (Å²) in [6, 6.07) is 18.9. The molecule has 0 aliphatic carbocycles. The molecule has 0 fully saturated rings. The number of aryl methyl sites for hydroxylation is 2. The van der Waals surface area contributed by atoms with E-state index in [1.54, 1.807) is 44.4 Å². The lowest BCUT2D eigenvalue weighted by Crippen LogP contribution is -2.30. The smallest absolute Gasteiger partial charge is 0.319 e. The predicted molar refractivity (Wildman–Crippen MR) is 214 cm³/mol. The Balaban J connectivity index is 0.000000959. The van der Waals surface area contributed by atoms with Crippen LogP contribution in [0.3, 0.4) is 0 Å². The number of primary amides is 1. The molecule has 4 aromatic carbocycles. The van der Waals surface area contributed by atoms with Crippen LogP contribution in [0, 0.1) is 24.5 Å². The van der Waals surface area contributed by atoms with Crippen molar-refractivity contribution >= 4 is 51.0 Å². The van der Waals surface area contributed by atoms with Crippen LogP contribution < -0.4 is 31.2 Å². The molecule has 296 valence electrons. The van der Waals surface area contributed by atoms with Crippen molar-refractivity contribution in [2.24, 2.45) is 11.7 Å². The van der Waals surface area contributed by atoms with Gasteiger partial charge in [-0.1, -0.05) is 32.0 Å². The van der Waals surface area contributed by atoms with Crippen LogP contribution in [0.2, 0.25) is 0 Å². The van der Waals surface area contributed by atoms with Gasteiger partial charge < -0.3 is 31.2 Å². The maximum atomic E-state index is 15.2. The molecule has 2 aromatic heterocycles. The van der Waals surface area contributed by atoms with Crippen molar-refractivity contribution in [1.82, 2.24) is 25.3 Å². The monoisotopic (exact) mass is 778 g/mol. The Hall–Kier alpha value is -6.77. The second-order valence-corrected chi connectivity index (χ2v) is 13.4. The molecule has 2 heterocycles. The molecule has 0 spiro atoms. The number of anilines is 2. The van der Waals surface area contributed by atoms with E-state index >= 15 is 4.39 Å². The summed E-state index contributed by atoms with van der Waals surface area (Å²) in [4.78, 5) is 52.3. The van der Waals surface area contributed by atoms with Crippen LogP contribution in [-0.2, 0) is 22.4 Å². The number of carbonyl (C=O) groups excluding carboxylic acids is 3. The van der Waals surface area contributed by atoms with Crippen molar-refractivity contribution in [1.29, 1.82) is 0 Å². The van der Waals surface area contributed by atoms with E-state index in [2.05, 4.69) is 42.0 Å². The predicted octanol–water partition coefficient (Wildman–Crippen LogP) is 7.80. The van der Waals surface area contributed by atoms with E-state index in [4.69, 9.17) is 15.2 Å². The fourth-order valence-corrected chi connectivity index (χ4v) is 5.58. The maximum Gasteiger partial charge on any atom is 0.319 e. The molecule has 0 bridgehead atoms. The number of aromatic nitrogens is 4. The topological polar surface area (TPSA) is 183 Å². The molecule has 0 aliphatic rings. The molecule has 6 rings (SSSR count). The molecule has 5 N–H and O–H groups in total. The van der Waals surface area contributed by atoms with Crippen LogP contribution in [0.15, 0.2) is 85.5 Å². The van der Waals surface area contributed by atoms with Crippen molar-refractivity contribution < 1.29 is 32.6 Å². The zero-order valence-corrected chi connectivity index (χ0v) is 32.1. The highest BCUT2D eigenvalue weighted by molar-refractivity contribution is 5.97. The number of hydrogen-bond acceptors (Lipinski definition) is 9. The Morgan fingerprint density at radius 1 is 0.789 bits per heavy atom. The van der Waals surface area contributed by atoms with Gasteiger partial charge in [-0.3, -0.25) is 9.59 Å². The number of nitrogens with two attached hydrogens (primary N) is 1.